The summed E-state index contributed by atoms with van der Waals surface area (Å²) in [5.74, 6) is 0. The number of rotatable bonds is 4. The van der Waals surface area contributed by atoms with E-state index in [4.69, 9.17) is 5.11 Å². The van der Waals surface area contributed by atoms with Crippen LogP contribution in [-0.4, -0.2) is 25.2 Å². The lowest BCUT2D eigenvalue weighted by atomic mass is 10.0. The van der Waals surface area contributed by atoms with Gasteiger partial charge < -0.3 is 10.2 Å². The maximum atomic E-state index is 10.2. The molecule has 1 aromatic heterocycles. The van der Waals surface area contributed by atoms with Gasteiger partial charge in [-0.1, -0.05) is 29.0 Å². The van der Waals surface area contributed by atoms with Gasteiger partial charge in [-0.05, 0) is 25.0 Å². The number of nitrogens with zero attached hydrogens (tertiary/aromatic N) is 3. The van der Waals surface area contributed by atoms with Gasteiger partial charge >= 0.3 is 0 Å². The second kappa shape index (κ2) is 5.29. The molecule has 0 saturated carbocycles. The molecule has 0 aliphatic rings. The Hall–Kier alpha value is -1.72. The summed E-state index contributed by atoms with van der Waals surface area (Å²) >= 11 is 0. The summed E-state index contributed by atoms with van der Waals surface area (Å²) in [5, 5.41) is 26.7. The van der Waals surface area contributed by atoms with Crippen molar-refractivity contribution in [3.05, 3.63) is 46.8 Å². The number of aryl methyl sites for hydroxylation is 2. The first-order valence-corrected chi connectivity index (χ1v) is 5.85. The predicted octanol–water partition coefficient (Wildman–Crippen LogP) is 1.12. The third-order valence-corrected chi connectivity index (χ3v) is 2.89. The third kappa shape index (κ3) is 2.75. The topological polar surface area (TPSA) is 71.2 Å². The monoisotopic (exact) mass is 247 g/mol. The lowest BCUT2D eigenvalue weighted by Gasteiger charge is -2.13. The molecule has 5 nitrogen and oxygen atoms in total. The quantitative estimate of drug-likeness (QED) is 0.849. The van der Waals surface area contributed by atoms with Crippen molar-refractivity contribution in [2.24, 2.45) is 0 Å². The van der Waals surface area contributed by atoms with Gasteiger partial charge in [0.05, 0.1) is 25.5 Å². The Morgan fingerprint density at radius 3 is 2.72 bits per heavy atom. The molecule has 2 rings (SSSR count). The minimum atomic E-state index is -0.626. The molecule has 1 aromatic carbocycles. The van der Waals surface area contributed by atoms with E-state index >= 15 is 0 Å². The number of hydrogen-bond donors (Lipinski definition) is 2. The van der Waals surface area contributed by atoms with Crippen LogP contribution in [0.5, 0.6) is 0 Å². The Balaban J connectivity index is 2.13. The van der Waals surface area contributed by atoms with E-state index in [9.17, 15) is 5.11 Å². The van der Waals surface area contributed by atoms with Crippen molar-refractivity contribution in [3.63, 3.8) is 0 Å². The van der Waals surface area contributed by atoms with E-state index in [-0.39, 0.29) is 6.61 Å². The Bertz CT molecular complexity index is 537. The van der Waals surface area contributed by atoms with E-state index < -0.39 is 6.10 Å². The van der Waals surface area contributed by atoms with Gasteiger partial charge in [-0.2, -0.15) is 0 Å². The first-order valence-electron chi connectivity index (χ1n) is 5.85. The molecule has 0 saturated heterocycles. The van der Waals surface area contributed by atoms with Gasteiger partial charge in [0.2, 0.25) is 0 Å². The smallest absolute Gasteiger partial charge is 0.108 e. The Labute approximate surface area is 106 Å². The van der Waals surface area contributed by atoms with Crippen LogP contribution in [0.1, 0.15) is 28.5 Å². The van der Waals surface area contributed by atoms with Crippen molar-refractivity contribution in [1.82, 2.24) is 15.0 Å². The highest BCUT2D eigenvalue weighted by Crippen LogP contribution is 2.20. The molecule has 0 spiro atoms. The molecule has 2 aromatic rings. The lowest BCUT2D eigenvalue weighted by Crippen LogP contribution is -2.10. The molecule has 0 bridgehead atoms. The fraction of sp³-hybridized carbons (Fsp3) is 0.385. The molecule has 18 heavy (non-hydrogen) atoms. The summed E-state index contributed by atoms with van der Waals surface area (Å²) in [4.78, 5) is 0. The minimum absolute atomic E-state index is 0.139. The Morgan fingerprint density at radius 1 is 1.33 bits per heavy atom. The van der Waals surface area contributed by atoms with Gasteiger partial charge in [-0.25, -0.2) is 4.68 Å². The van der Waals surface area contributed by atoms with Crippen LogP contribution >= 0.6 is 0 Å². The standard InChI is InChI=1S/C13H17N3O2/c1-9-3-4-12(10(2)5-9)13(18)7-16-6-11(8-17)14-15-16/h3-6,13,17-18H,7-8H2,1-2H3/t13-/m1/s1. The van der Waals surface area contributed by atoms with Crippen LogP contribution < -0.4 is 0 Å². The van der Waals surface area contributed by atoms with Gasteiger partial charge in [0.1, 0.15) is 5.69 Å². The first kappa shape index (κ1) is 12.7. The van der Waals surface area contributed by atoms with Gasteiger partial charge in [0.25, 0.3) is 0 Å². The fourth-order valence-electron chi connectivity index (χ4n) is 1.98. The highest BCUT2D eigenvalue weighted by molar-refractivity contribution is 5.31. The van der Waals surface area contributed by atoms with Crippen molar-refractivity contribution in [2.45, 2.75) is 33.1 Å². The normalized spacial score (nSPS) is 12.7. The van der Waals surface area contributed by atoms with Crippen LogP contribution in [0.3, 0.4) is 0 Å². The van der Waals surface area contributed by atoms with Crippen molar-refractivity contribution in [1.29, 1.82) is 0 Å². The molecular weight excluding hydrogens is 230 g/mol. The molecular formula is C13H17N3O2. The lowest BCUT2D eigenvalue weighted by molar-refractivity contribution is 0.150. The third-order valence-electron chi connectivity index (χ3n) is 2.89. The highest BCUT2D eigenvalue weighted by Gasteiger charge is 2.12. The summed E-state index contributed by atoms with van der Waals surface area (Å²) in [6, 6.07) is 5.95. The van der Waals surface area contributed by atoms with E-state index in [1.165, 1.54) is 10.2 Å². The highest BCUT2D eigenvalue weighted by atomic mass is 16.3. The number of aromatic nitrogens is 3. The van der Waals surface area contributed by atoms with E-state index in [0.29, 0.717) is 12.2 Å². The zero-order chi connectivity index (χ0) is 13.1. The maximum Gasteiger partial charge on any atom is 0.108 e. The largest absolute Gasteiger partial charge is 0.390 e. The van der Waals surface area contributed by atoms with Gasteiger partial charge in [-0.3, -0.25) is 0 Å². The molecule has 1 atom stereocenters. The van der Waals surface area contributed by atoms with Crippen LogP contribution in [0, 0.1) is 13.8 Å². The summed E-state index contributed by atoms with van der Waals surface area (Å²) in [6.07, 6.45) is 1.01. The molecule has 0 aliphatic carbocycles. The van der Waals surface area contributed by atoms with E-state index in [0.717, 1.165) is 11.1 Å². The van der Waals surface area contributed by atoms with Crippen LogP contribution in [0.25, 0.3) is 0 Å². The first-order chi connectivity index (χ1) is 8.60. The van der Waals surface area contributed by atoms with Gasteiger partial charge in [0.15, 0.2) is 0 Å². The van der Waals surface area contributed by atoms with Crippen LogP contribution in [0.4, 0.5) is 0 Å². The molecule has 0 radical (unpaired) electrons. The van der Waals surface area contributed by atoms with Crippen LogP contribution in [-0.2, 0) is 13.2 Å². The Morgan fingerprint density at radius 2 is 2.11 bits per heavy atom. The summed E-state index contributed by atoms with van der Waals surface area (Å²) in [7, 11) is 0. The second-order valence-corrected chi connectivity index (χ2v) is 4.47. The summed E-state index contributed by atoms with van der Waals surface area (Å²) in [6.45, 7) is 4.19. The van der Waals surface area contributed by atoms with Crippen LogP contribution in [0.15, 0.2) is 24.4 Å². The van der Waals surface area contributed by atoms with E-state index in [2.05, 4.69) is 10.3 Å². The zero-order valence-electron chi connectivity index (χ0n) is 10.5. The minimum Gasteiger partial charge on any atom is -0.390 e. The van der Waals surface area contributed by atoms with Crippen molar-refractivity contribution < 1.29 is 10.2 Å². The molecule has 0 amide bonds. The second-order valence-electron chi connectivity index (χ2n) is 4.47. The van der Waals surface area contributed by atoms with Gasteiger partial charge in [0, 0.05) is 0 Å². The number of aliphatic hydroxyl groups excluding tert-OH is 2. The molecule has 96 valence electrons. The molecule has 0 fully saturated rings. The van der Waals surface area contributed by atoms with Crippen LogP contribution in [0.2, 0.25) is 0 Å². The molecule has 5 heteroatoms. The molecule has 1 heterocycles. The maximum absolute atomic E-state index is 10.2. The number of aliphatic hydroxyl groups is 2. The van der Waals surface area contributed by atoms with Gasteiger partial charge in [-0.15, -0.1) is 5.10 Å². The fourth-order valence-corrected chi connectivity index (χ4v) is 1.98. The molecule has 2 N–H and O–H groups in total. The number of hydrogen-bond acceptors (Lipinski definition) is 4. The average molecular weight is 247 g/mol. The molecule has 0 aliphatic heterocycles. The van der Waals surface area contributed by atoms with E-state index in [1.807, 2.05) is 32.0 Å². The van der Waals surface area contributed by atoms with Crippen molar-refractivity contribution in [3.8, 4) is 0 Å². The number of benzene rings is 1. The zero-order valence-corrected chi connectivity index (χ0v) is 10.5. The predicted molar refractivity (Wildman–Crippen MR) is 66.8 cm³/mol. The SMILES string of the molecule is Cc1ccc([C@H](O)Cn2cc(CO)nn2)c(C)c1. The van der Waals surface area contributed by atoms with E-state index in [1.54, 1.807) is 6.20 Å². The van der Waals surface area contributed by atoms with Crippen molar-refractivity contribution >= 4 is 0 Å². The molecule has 0 unspecified atom stereocenters. The average Bonchev–Trinajstić information content (AvgIpc) is 2.76. The summed E-state index contributed by atoms with van der Waals surface area (Å²) in [5.41, 5.74) is 3.63. The van der Waals surface area contributed by atoms with Crippen molar-refractivity contribution in [2.75, 3.05) is 0 Å². The Kier molecular flexibility index (Phi) is 3.74. The summed E-state index contributed by atoms with van der Waals surface area (Å²) < 4.78 is 1.54.